The monoisotopic (exact) mass is 68.1 g/mol. The van der Waals surface area contributed by atoms with Gasteiger partial charge in [-0.2, -0.15) is 0 Å². The van der Waals surface area contributed by atoms with Gasteiger partial charge in [-0.05, 0) is 0 Å². The van der Waals surface area contributed by atoms with Crippen molar-refractivity contribution in [3.05, 3.63) is 11.6 Å². The standard InChI is InChI=1S/C2H6B2O/c3-2(4)1-5/h1,5H,3-4H2. The molecule has 0 unspecified atom stereocenters. The maximum absolute atomic E-state index is 7.98. The van der Waals surface area contributed by atoms with Crippen molar-refractivity contribution in [2.75, 3.05) is 0 Å². The van der Waals surface area contributed by atoms with Gasteiger partial charge < -0.3 is 5.11 Å². The zero-order valence-electron chi connectivity index (χ0n) is 3.52. The highest BCUT2D eigenvalue weighted by molar-refractivity contribution is 6.47. The Morgan fingerprint density at radius 2 is 1.80 bits per heavy atom. The number of hydrogen-bond acceptors (Lipinski definition) is 1. The lowest BCUT2D eigenvalue weighted by molar-refractivity contribution is 0.473. The van der Waals surface area contributed by atoms with E-state index in [0.717, 1.165) is 11.6 Å². The van der Waals surface area contributed by atoms with Crippen molar-refractivity contribution in [3.63, 3.8) is 0 Å². The Kier molecular flexibility index (Phi) is 1.81. The summed E-state index contributed by atoms with van der Waals surface area (Å²) >= 11 is 0. The fourth-order valence-electron chi connectivity index (χ4n) is 0. The summed E-state index contributed by atoms with van der Waals surface area (Å²) in [5, 5.41) is 8.92. The van der Waals surface area contributed by atoms with Crippen LogP contribution < -0.4 is 0 Å². The molecule has 0 aromatic carbocycles. The Labute approximate surface area is 33.5 Å². The molecule has 0 spiro atoms. The van der Waals surface area contributed by atoms with E-state index in [2.05, 4.69) is 0 Å². The van der Waals surface area contributed by atoms with Crippen molar-refractivity contribution in [2.24, 2.45) is 0 Å². The topological polar surface area (TPSA) is 20.2 Å². The molecule has 0 aliphatic rings. The summed E-state index contributed by atoms with van der Waals surface area (Å²) in [6.07, 6.45) is 1.08. The molecule has 0 saturated carbocycles. The van der Waals surface area contributed by atoms with Gasteiger partial charge in [0.25, 0.3) is 0 Å². The predicted molar refractivity (Wildman–Crippen MR) is 27.8 cm³/mol. The summed E-state index contributed by atoms with van der Waals surface area (Å²) in [6.45, 7) is 0. The van der Waals surface area contributed by atoms with Crippen LogP contribution in [0.1, 0.15) is 0 Å². The van der Waals surface area contributed by atoms with Gasteiger partial charge in [-0.15, -0.1) is 5.37 Å². The Bertz CT molecular complexity index is 45.6. The van der Waals surface area contributed by atoms with Crippen molar-refractivity contribution in [3.8, 4) is 0 Å². The highest BCUT2D eigenvalue weighted by Gasteiger charge is 1.65. The Morgan fingerprint density at radius 1 is 1.60 bits per heavy atom. The van der Waals surface area contributed by atoms with Gasteiger partial charge in [0, 0.05) is 0 Å². The van der Waals surface area contributed by atoms with Crippen LogP contribution in [0.4, 0.5) is 0 Å². The van der Waals surface area contributed by atoms with E-state index < -0.39 is 0 Å². The normalized spacial score (nSPS) is 6.40. The third kappa shape index (κ3) is 3.67. The minimum Gasteiger partial charge on any atom is -0.517 e. The Hall–Kier alpha value is -0.330. The molecule has 0 rings (SSSR count). The van der Waals surface area contributed by atoms with Gasteiger partial charge in [0.05, 0.1) is 6.26 Å². The van der Waals surface area contributed by atoms with E-state index in [-0.39, 0.29) is 0 Å². The molecule has 0 aromatic rings. The molecule has 0 fully saturated rings. The van der Waals surface area contributed by atoms with E-state index in [0.29, 0.717) is 0 Å². The van der Waals surface area contributed by atoms with E-state index in [1.54, 1.807) is 0 Å². The summed E-state index contributed by atoms with van der Waals surface area (Å²) in [5.74, 6) is 0. The average Bonchev–Trinajstić information content (AvgIpc) is 1.38. The quantitative estimate of drug-likeness (QED) is 0.273. The summed E-state index contributed by atoms with van der Waals surface area (Å²) in [4.78, 5) is 0. The van der Waals surface area contributed by atoms with Crippen molar-refractivity contribution in [1.82, 2.24) is 0 Å². The molecular weight excluding hydrogens is 61.6 g/mol. The van der Waals surface area contributed by atoms with Crippen LogP contribution in [0.25, 0.3) is 0 Å². The summed E-state index contributed by atoms with van der Waals surface area (Å²) < 4.78 is 0. The molecule has 3 heteroatoms. The average molecular weight is 67.7 g/mol. The van der Waals surface area contributed by atoms with E-state index in [9.17, 15) is 0 Å². The third-order valence-corrected chi connectivity index (χ3v) is 0.258. The van der Waals surface area contributed by atoms with E-state index in [1.807, 2.05) is 15.7 Å². The Morgan fingerprint density at radius 3 is 1.80 bits per heavy atom. The maximum atomic E-state index is 7.98. The lowest BCUT2D eigenvalue weighted by Crippen LogP contribution is -1.74. The summed E-state index contributed by atoms with van der Waals surface area (Å²) in [6, 6.07) is 0. The van der Waals surface area contributed by atoms with Crippen LogP contribution in [0.5, 0.6) is 0 Å². The van der Waals surface area contributed by atoms with Crippen LogP contribution >= 0.6 is 0 Å². The summed E-state index contributed by atoms with van der Waals surface area (Å²) in [7, 11) is 3.67. The van der Waals surface area contributed by atoms with Crippen LogP contribution in [-0.4, -0.2) is 20.8 Å². The van der Waals surface area contributed by atoms with Crippen molar-refractivity contribution in [1.29, 1.82) is 0 Å². The van der Waals surface area contributed by atoms with Gasteiger partial charge in [-0.25, -0.2) is 0 Å². The van der Waals surface area contributed by atoms with Crippen molar-refractivity contribution < 1.29 is 5.11 Å². The van der Waals surface area contributed by atoms with Crippen molar-refractivity contribution in [2.45, 2.75) is 0 Å². The molecule has 0 aliphatic heterocycles. The van der Waals surface area contributed by atoms with E-state index in [1.165, 1.54) is 0 Å². The SMILES string of the molecule is BC(B)=CO. The highest BCUT2D eigenvalue weighted by Crippen LogP contribution is 1.65. The zero-order valence-corrected chi connectivity index (χ0v) is 3.52. The first-order chi connectivity index (χ1) is 2.27. The first kappa shape index (κ1) is 4.67. The molecule has 0 atom stereocenters. The number of aliphatic hydroxyl groups is 1. The van der Waals surface area contributed by atoms with Gasteiger partial charge in [0.2, 0.25) is 0 Å². The fourth-order valence-corrected chi connectivity index (χ4v) is 0. The number of rotatable bonds is 0. The lowest BCUT2D eigenvalue weighted by Gasteiger charge is -1.72. The van der Waals surface area contributed by atoms with Crippen LogP contribution in [0.2, 0.25) is 0 Å². The minimum atomic E-state index is 0.935. The molecule has 1 nitrogen and oxygen atoms in total. The molecule has 5 heavy (non-hydrogen) atoms. The second kappa shape index (κ2) is 1.94. The van der Waals surface area contributed by atoms with Gasteiger partial charge in [-0.3, -0.25) is 0 Å². The van der Waals surface area contributed by atoms with E-state index in [4.69, 9.17) is 5.11 Å². The molecule has 26 valence electrons. The van der Waals surface area contributed by atoms with Crippen LogP contribution in [0.15, 0.2) is 11.6 Å². The molecule has 1 N–H and O–H groups in total. The third-order valence-electron chi connectivity index (χ3n) is 0.258. The first-order valence-electron chi connectivity index (χ1n) is 1.55. The molecular formula is C2H6B2O. The minimum absolute atomic E-state index is 0.935. The van der Waals surface area contributed by atoms with Gasteiger partial charge >= 0.3 is 0 Å². The molecule has 0 aliphatic carbocycles. The van der Waals surface area contributed by atoms with Crippen LogP contribution in [-0.2, 0) is 0 Å². The molecule has 0 saturated heterocycles. The van der Waals surface area contributed by atoms with Crippen LogP contribution in [0.3, 0.4) is 0 Å². The lowest BCUT2D eigenvalue weighted by atomic mass is 9.80. The molecule has 0 radical (unpaired) electrons. The predicted octanol–water partition coefficient (Wildman–Crippen LogP) is -1.39. The van der Waals surface area contributed by atoms with Gasteiger partial charge in [0.15, 0.2) is 0 Å². The molecule has 0 heterocycles. The molecule has 0 aromatic heterocycles. The van der Waals surface area contributed by atoms with Crippen LogP contribution in [0, 0.1) is 0 Å². The Balaban J connectivity index is 3.14. The zero-order chi connectivity index (χ0) is 4.28. The van der Waals surface area contributed by atoms with Gasteiger partial charge in [0.1, 0.15) is 15.7 Å². The second-order valence-electron chi connectivity index (χ2n) is 1.21. The number of hydrogen-bond donors (Lipinski definition) is 1. The highest BCUT2D eigenvalue weighted by atomic mass is 16.2. The molecule has 0 amide bonds. The number of aliphatic hydroxyl groups excluding tert-OH is 1. The smallest absolute Gasteiger partial charge is 0.125 e. The maximum Gasteiger partial charge on any atom is 0.125 e. The van der Waals surface area contributed by atoms with E-state index >= 15 is 0 Å². The summed E-state index contributed by atoms with van der Waals surface area (Å²) in [5.41, 5.74) is 0. The van der Waals surface area contributed by atoms with Crippen molar-refractivity contribution >= 4 is 15.7 Å². The van der Waals surface area contributed by atoms with Gasteiger partial charge in [-0.1, -0.05) is 0 Å². The largest absolute Gasteiger partial charge is 0.517 e. The molecule has 0 bridgehead atoms. The fraction of sp³-hybridized carbons (Fsp3) is 0. The first-order valence-corrected chi connectivity index (χ1v) is 1.55. The second-order valence-corrected chi connectivity index (χ2v) is 1.21.